The molecule has 1 aromatic rings. The number of methoxy groups -OCH3 is 1. The van der Waals surface area contributed by atoms with Crippen LogP contribution in [0.5, 0.6) is 0 Å². The first-order chi connectivity index (χ1) is 9.06. The Balaban J connectivity index is 2.69. The monoisotopic (exact) mass is 269 g/mol. The van der Waals surface area contributed by atoms with Crippen molar-refractivity contribution in [2.24, 2.45) is 0 Å². The first kappa shape index (κ1) is 15.6. The Morgan fingerprint density at radius 3 is 2.84 bits per heavy atom. The summed E-state index contributed by atoms with van der Waals surface area (Å²) in [6, 6.07) is 4.75. The van der Waals surface area contributed by atoms with Crippen LogP contribution in [0.1, 0.15) is 17.5 Å². The normalized spacial score (nSPS) is 12.2. The second-order valence-electron chi connectivity index (χ2n) is 4.44. The second kappa shape index (κ2) is 7.86. The minimum atomic E-state index is -0.311. The summed E-state index contributed by atoms with van der Waals surface area (Å²) in [7, 11) is 1.34. The van der Waals surface area contributed by atoms with Crippen molar-refractivity contribution in [3.05, 3.63) is 35.1 Å². The number of carbonyl (C=O) groups excluding carboxylic acids is 1. The molecule has 0 bridgehead atoms. The van der Waals surface area contributed by atoms with Gasteiger partial charge in [-0.25, -0.2) is 4.39 Å². The summed E-state index contributed by atoms with van der Waals surface area (Å²) in [5.74, 6) is -0.550. The first-order valence-corrected chi connectivity index (χ1v) is 6.23. The molecule has 0 fully saturated rings. The molecule has 19 heavy (non-hydrogen) atoms. The third-order valence-electron chi connectivity index (χ3n) is 2.89. The van der Waals surface area contributed by atoms with E-state index in [-0.39, 0.29) is 30.9 Å². The van der Waals surface area contributed by atoms with E-state index in [1.54, 1.807) is 19.1 Å². The van der Waals surface area contributed by atoms with Gasteiger partial charge in [-0.15, -0.1) is 0 Å². The van der Waals surface area contributed by atoms with Gasteiger partial charge in [-0.2, -0.15) is 0 Å². The zero-order chi connectivity index (χ0) is 14.3. The van der Waals surface area contributed by atoms with Gasteiger partial charge in [0.25, 0.3) is 0 Å². The van der Waals surface area contributed by atoms with E-state index in [4.69, 9.17) is 5.11 Å². The third-order valence-corrected chi connectivity index (χ3v) is 2.89. The average molecular weight is 269 g/mol. The SMILES string of the molecule is COC(=O)CC(Cc1ccc(F)c(C)c1)NCCO. The van der Waals surface area contributed by atoms with Crippen LogP contribution in [-0.4, -0.2) is 37.4 Å². The summed E-state index contributed by atoms with van der Waals surface area (Å²) in [6.45, 7) is 2.11. The van der Waals surface area contributed by atoms with Gasteiger partial charge in [0.1, 0.15) is 5.82 Å². The lowest BCUT2D eigenvalue weighted by atomic mass is 10.0. The van der Waals surface area contributed by atoms with E-state index in [1.165, 1.54) is 13.2 Å². The number of carbonyl (C=O) groups is 1. The Labute approximate surface area is 112 Å². The van der Waals surface area contributed by atoms with E-state index in [1.807, 2.05) is 0 Å². The number of ether oxygens (including phenoxy) is 1. The number of rotatable bonds is 7. The molecule has 0 saturated heterocycles. The van der Waals surface area contributed by atoms with Gasteiger partial charge in [0.15, 0.2) is 0 Å². The van der Waals surface area contributed by atoms with E-state index in [0.717, 1.165) is 5.56 Å². The van der Waals surface area contributed by atoms with Crippen LogP contribution in [0.4, 0.5) is 4.39 Å². The summed E-state index contributed by atoms with van der Waals surface area (Å²) in [6.07, 6.45) is 0.795. The van der Waals surface area contributed by atoms with Gasteiger partial charge < -0.3 is 15.2 Å². The number of aliphatic hydroxyl groups is 1. The molecule has 2 N–H and O–H groups in total. The topological polar surface area (TPSA) is 58.6 Å². The van der Waals surface area contributed by atoms with E-state index >= 15 is 0 Å². The molecule has 0 aliphatic carbocycles. The van der Waals surface area contributed by atoms with Gasteiger partial charge in [0.05, 0.1) is 20.1 Å². The maximum absolute atomic E-state index is 13.2. The van der Waals surface area contributed by atoms with Crippen LogP contribution in [0.25, 0.3) is 0 Å². The maximum atomic E-state index is 13.2. The predicted molar refractivity (Wildman–Crippen MR) is 70.4 cm³/mol. The molecule has 0 amide bonds. The highest BCUT2D eigenvalue weighted by atomic mass is 19.1. The van der Waals surface area contributed by atoms with E-state index in [9.17, 15) is 9.18 Å². The fraction of sp³-hybridized carbons (Fsp3) is 0.500. The highest BCUT2D eigenvalue weighted by Gasteiger charge is 2.14. The van der Waals surface area contributed by atoms with Gasteiger partial charge in [-0.3, -0.25) is 4.79 Å². The van der Waals surface area contributed by atoms with E-state index in [0.29, 0.717) is 18.5 Å². The van der Waals surface area contributed by atoms with Crippen molar-refractivity contribution in [3.8, 4) is 0 Å². The number of nitrogens with one attached hydrogen (secondary N) is 1. The molecular formula is C14H20FNO3. The molecule has 1 rings (SSSR count). The molecule has 5 heteroatoms. The third kappa shape index (κ3) is 5.36. The van der Waals surface area contributed by atoms with Gasteiger partial charge in [-0.1, -0.05) is 12.1 Å². The largest absolute Gasteiger partial charge is 0.469 e. The highest BCUT2D eigenvalue weighted by molar-refractivity contribution is 5.70. The van der Waals surface area contributed by atoms with Crippen LogP contribution in [0.15, 0.2) is 18.2 Å². The molecule has 0 saturated carbocycles. The van der Waals surface area contributed by atoms with Crippen molar-refractivity contribution in [2.75, 3.05) is 20.3 Å². The predicted octanol–water partition coefficient (Wildman–Crippen LogP) is 1.19. The minimum absolute atomic E-state index is 0.000117. The summed E-state index contributed by atoms with van der Waals surface area (Å²) in [4.78, 5) is 11.3. The standard InChI is InChI=1S/C14H20FNO3/c1-10-7-11(3-4-13(10)15)8-12(16-5-6-17)9-14(18)19-2/h3-4,7,12,16-17H,5-6,8-9H2,1-2H3. The van der Waals surface area contributed by atoms with Crippen molar-refractivity contribution in [1.29, 1.82) is 0 Å². The van der Waals surface area contributed by atoms with Crippen molar-refractivity contribution in [3.63, 3.8) is 0 Å². The molecule has 0 radical (unpaired) electrons. The smallest absolute Gasteiger partial charge is 0.307 e. The van der Waals surface area contributed by atoms with Crippen molar-refractivity contribution < 1.29 is 19.0 Å². The maximum Gasteiger partial charge on any atom is 0.307 e. The number of aliphatic hydroxyl groups excluding tert-OH is 1. The molecule has 1 atom stereocenters. The van der Waals surface area contributed by atoms with Crippen molar-refractivity contribution in [2.45, 2.75) is 25.8 Å². The zero-order valence-electron chi connectivity index (χ0n) is 11.3. The molecule has 106 valence electrons. The van der Waals surface area contributed by atoms with Crippen LogP contribution in [0.2, 0.25) is 0 Å². The Bertz CT molecular complexity index is 423. The highest BCUT2D eigenvalue weighted by Crippen LogP contribution is 2.12. The number of hydrogen-bond donors (Lipinski definition) is 2. The second-order valence-corrected chi connectivity index (χ2v) is 4.44. The fourth-order valence-corrected chi connectivity index (χ4v) is 1.89. The van der Waals surface area contributed by atoms with Crippen LogP contribution >= 0.6 is 0 Å². The van der Waals surface area contributed by atoms with Gasteiger partial charge in [0, 0.05) is 12.6 Å². The summed E-state index contributed by atoms with van der Waals surface area (Å²) >= 11 is 0. The Morgan fingerprint density at radius 1 is 1.53 bits per heavy atom. The summed E-state index contributed by atoms with van der Waals surface area (Å²) < 4.78 is 17.8. The fourth-order valence-electron chi connectivity index (χ4n) is 1.89. The van der Waals surface area contributed by atoms with Gasteiger partial charge in [-0.05, 0) is 30.5 Å². The molecule has 0 aliphatic rings. The average Bonchev–Trinajstić information content (AvgIpc) is 2.40. The molecule has 4 nitrogen and oxygen atoms in total. The Kier molecular flexibility index (Phi) is 6.45. The van der Waals surface area contributed by atoms with Gasteiger partial charge >= 0.3 is 5.97 Å². The lowest BCUT2D eigenvalue weighted by molar-refractivity contribution is -0.141. The number of benzene rings is 1. The molecule has 0 aromatic heterocycles. The number of hydrogen-bond acceptors (Lipinski definition) is 4. The van der Waals surface area contributed by atoms with Crippen LogP contribution < -0.4 is 5.32 Å². The van der Waals surface area contributed by atoms with Crippen LogP contribution in [-0.2, 0) is 16.0 Å². The number of aryl methyl sites for hydroxylation is 1. The summed E-state index contributed by atoms with van der Waals surface area (Å²) in [5.41, 5.74) is 1.52. The number of halogens is 1. The summed E-state index contributed by atoms with van der Waals surface area (Å²) in [5, 5.41) is 11.9. The molecule has 0 aliphatic heterocycles. The molecule has 1 aromatic carbocycles. The van der Waals surface area contributed by atoms with Gasteiger partial charge in [0.2, 0.25) is 0 Å². The lowest BCUT2D eigenvalue weighted by Gasteiger charge is -2.17. The minimum Gasteiger partial charge on any atom is -0.469 e. The number of esters is 1. The van der Waals surface area contributed by atoms with Crippen molar-refractivity contribution in [1.82, 2.24) is 5.32 Å². The first-order valence-electron chi connectivity index (χ1n) is 6.23. The Morgan fingerprint density at radius 2 is 2.26 bits per heavy atom. The van der Waals surface area contributed by atoms with Crippen LogP contribution in [0.3, 0.4) is 0 Å². The zero-order valence-corrected chi connectivity index (χ0v) is 11.3. The quantitative estimate of drug-likeness (QED) is 0.730. The molecule has 0 spiro atoms. The molecular weight excluding hydrogens is 249 g/mol. The van der Waals surface area contributed by atoms with E-state index < -0.39 is 0 Å². The van der Waals surface area contributed by atoms with E-state index in [2.05, 4.69) is 10.1 Å². The molecule has 0 heterocycles. The van der Waals surface area contributed by atoms with Crippen LogP contribution in [0, 0.1) is 12.7 Å². The lowest BCUT2D eigenvalue weighted by Crippen LogP contribution is -2.35. The van der Waals surface area contributed by atoms with Crippen molar-refractivity contribution >= 4 is 5.97 Å². The molecule has 1 unspecified atom stereocenters. The Hall–Kier alpha value is -1.46.